The fraction of sp³-hybridized carbons (Fsp3) is 0.388. The van der Waals surface area contributed by atoms with Crippen LogP contribution in [0.5, 0.6) is 0 Å². The Morgan fingerprint density at radius 1 is 0.367 bits per heavy atom. The van der Waals surface area contributed by atoms with E-state index in [2.05, 4.69) is 293 Å². The van der Waals surface area contributed by atoms with E-state index in [4.69, 9.17) is 0 Å². The summed E-state index contributed by atoms with van der Waals surface area (Å²) >= 11 is 0. The first-order valence-corrected chi connectivity index (χ1v) is 32.7. The molecule has 0 unspecified atom stereocenters. The van der Waals surface area contributed by atoms with Gasteiger partial charge < -0.3 is 49.0 Å². The Morgan fingerprint density at radius 2 is 0.776 bits per heavy atom. The average molecular weight is 2220 g/mol. The first kappa shape index (κ1) is 89.4. The van der Waals surface area contributed by atoms with Crippen LogP contribution in [-0.2, 0) is 134 Å². The number of benzene rings is 6. The van der Waals surface area contributed by atoms with Gasteiger partial charge in [-0.15, -0.1) is 52.1 Å². The first-order valence-electron chi connectivity index (χ1n) is 32.7. The van der Waals surface area contributed by atoms with Gasteiger partial charge in [-0.1, -0.05) is 59.1 Å². The number of fused-ring (bicyclic) bond motifs is 1. The molecule has 6 aromatic carbocycles. The van der Waals surface area contributed by atoms with Gasteiger partial charge in [0.2, 0.25) is 0 Å². The summed E-state index contributed by atoms with van der Waals surface area (Å²) in [6.07, 6.45) is 12.1. The van der Waals surface area contributed by atoms with E-state index in [1.54, 1.807) is 6.07 Å². The van der Waals surface area contributed by atoms with E-state index in [1.807, 2.05) is 86.3 Å². The fourth-order valence-corrected chi connectivity index (χ4v) is 11.4. The minimum absolute atomic E-state index is 0. The van der Waals surface area contributed by atoms with Crippen LogP contribution < -0.4 is 9.80 Å². The number of allylic oxidation sites excluding steroid dienone is 2. The van der Waals surface area contributed by atoms with Crippen molar-refractivity contribution < 1.29 is 114 Å². The van der Waals surface area contributed by atoms with Crippen LogP contribution in [0.1, 0.15) is 172 Å². The van der Waals surface area contributed by atoms with Gasteiger partial charge in [-0.2, -0.15) is 142 Å². The van der Waals surface area contributed by atoms with Gasteiger partial charge in [-0.05, 0) is 190 Å². The first-order chi connectivity index (χ1) is 43.9. The van der Waals surface area contributed by atoms with Crippen molar-refractivity contribution >= 4 is 11.4 Å². The number of anilines is 2. The Bertz CT molecular complexity index is 3490. The largest absolute Gasteiger partial charge is 0.508 e. The van der Waals surface area contributed by atoms with Crippen LogP contribution >= 0.6 is 0 Å². The number of nitrogens with zero attached hydrogens (tertiary/aromatic N) is 10. The molecule has 0 amide bonds. The Hall–Kier alpha value is -4.68. The summed E-state index contributed by atoms with van der Waals surface area (Å²) in [5.41, 5.74) is 10.5. The fourth-order valence-electron chi connectivity index (χ4n) is 11.4. The summed E-state index contributed by atoms with van der Waals surface area (Å²) in [4.78, 5) is 21.8. The van der Waals surface area contributed by atoms with Crippen LogP contribution in [0, 0.1) is 81.1 Å². The zero-order valence-corrected chi connectivity index (χ0v) is 72.7. The van der Waals surface area contributed by atoms with E-state index in [1.165, 1.54) is 57.2 Å². The molecule has 547 valence electrons. The molecule has 0 aromatic heterocycles. The molecule has 0 atom stereocenters. The Morgan fingerprint density at radius 3 is 1.15 bits per heavy atom. The van der Waals surface area contributed by atoms with Gasteiger partial charge in [0.05, 0.1) is 0 Å². The molecule has 5 aliphatic rings. The zero-order valence-electron chi connectivity index (χ0n) is 60.7. The number of rotatable bonds is 15. The summed E-state index contributed by atoms with van der Waals surface area (Å²) in [6.45, 7) is 58.4. The third kappa shape index (κ3) is 21.5. The van der Waals surface area contributed by atoms with E-state index in [-0.39, 0.29) is 134 Å². The molecular weight excluding hydrogens is 2120 g/mol. The average Bonchev–Trinajstić information content (AvgIpc) is 1.59. The summed E-state index contributed by atoms with van der Waals surface area (Å²) in [5.74, 6) is -1.43. The van der Waals surface area contributed by atoms with Crippen LogP contribution in [0.15, 0.2) is 170 Å². The third-order valence-corrected chi connectivity index (χ3v) is 18.2. The van der Waals surface area contributed by atoms with Crippen LogP contribution in [0.25, 0.3) is 0 Å². The smallest absolute Gasteiger partial charge is 0.0304 e. The van der Waals surface area contributed by atoms with Gasteiger partial charge in [0, 0.05) is 157 Å². The maximum absolute atomic E-state index is 13.8. The molecule has 6 aromatic rings. The maximum Gasteiger partial charge on any atom is 0.0304 e. The molecule has 0 spiro atoms. The molecule has 0 saturated heterocycles. The van der Waals surface area contributed by atoms with Crippen LogP contribution in [-0.4, -0.2) is 71.9 Å². The molecule has 0 aliphatic carbocycles. The normalized spacial score (nSPS) is 14.9. The van der Waals surface area contributed by atoms with Crippen molar-refractivity contribution in [1.29, 1.82) is 0 Å². The SMILES string of the molecule is CCN1C=CN(C(C)(C)c2[c-]cc(C(C)(C)C)cc2)[CH-]1.CCN1C=CN(C(C)(C)c2[c-]cc(F)cc2)[CH-]1.CCN1C=CN(C(C)(C)c2[c-]cc(F)cc2F)[CH-]1.CCN1[CH-]N(C(C)(C)c2[c-]cccc2)C(C)=C1C.CCN1[CH-]N(C(C)(C)c2[c-]cccc2)c2ccccc21.[Ir].[Ir].[Ir].[Ir].[Ir]. The predicted molar refractivity (Wildman–Crippen MR) is 376 cm³/mol. The Labute approximate surface area is 656 Å². The Balaban J connectivity index is 0.000000412. The molecule has 0 fully saturated rings. The van der Waals surface area contributed by atoms with E-state index in [0.29, 0.717) is 5.56 Å². The van der Waals surface area contributed by atoms with Crippen LogP contribution in [0.4, 0.5) is 24.5 Å². The van der Waals surface area contributed by atoms with E-state index in [0.717, 1.165) is 50.4 Å². The monoisotopic (exact) mass is 2220 g/mol. The molecule has 18 heteroatoms. The molecule has 5 heterocycles. The molecule has 0 saturated carbocycles. The zero-order chi connectivity index (χ0) is 68.3. The Kier molecular flexibility index (Phi) is 35.2. The number of halogens is 3. The molecule has 98 heavy (non-hydrogen) atoms. The van der Waals surface area contributed by atoms with Crippen molar-refractivity contribution in [2.75, 3.05) is 42.5 Å². The summed E-state index contributed by atoms with van der Waals surface area (Å²) in [7, 11) is 0. The minimum atomic E-state index is -0.613. The molecule has 5 aliphatic heterocycles. The second-order valence-electron chi connectivity index (χ2n) is 27.2. The standard InChI is InChI=1S/C18H20N2.C18H26N2.C16H22N2.C14H16F2N2.C14H17FN2.5Ir/c1-4-19-14-20(17-13-9-8-12-16(17)19)18(2,3)15-10-6-5-7-11-15;1-7-19-12-13-20(14-19)18(5,6)16-10-8-15(9-11-16)17(2,3)4;1-6-17-12-18(14(3)13(17)2)16(4,5)15-10-8-7-9-11-15;1-4-17-7-8-18(10-17)14(2,3)12-6-5-11(15)9-13(12)16;1-4-16-9-10-17(11-16)14(2,3)12-5-7-13(15)8-6-12;;;;;/h5-10,12-14H,4H2,1-3H3;8-10,12-14H,7H2,1-6H3;7-10,12H,6H2,1-5H3;5,7-10H,4H2,1-3H3;5,7-11H,4H2,1-3H3;;;;;/q5*-2;;;;;. The molecule has 5 radical (unpaired) electrons. The second kappa shape index (κ2) is 38.5. The molecule has 0 bridgehead atoms. The molecule has 0 N–H and O–H groups in total. The van der Waals surface area contributed by atoms with Gasteiger partial charge in [0.1, 0.15) is 0 Å². The molecular formula is C80H101F3Ir5N10-10. The quantitative estimate of drug-likeness (QED) is 0.0927. The van der Waals surface area contributed by atoms with Crippen molar-refractivity contribution in [2.24, 2.45) is 0 Å². The van der Waals surface area contributed by atoms with Gasteiger partial charge >= 0.3 is 0 Å². The molecule has 11 rings (SSSR count). The van der Waals surface area contributed by atoms with Crippen molar-refractivity contribution in [3.8, 4) is 0 Å². The summed E-state index contributed by atoms with van der Waals surface area (Å²) < 4.78 is 39.6. The molecule has 10 nitrogen and oxygen atoms in total. The van der Waals surface area contributed by atoms with E-state index in [9.17, 15) is 13.2 Å². The van der Waals surface area contributed by atoms with Crippen molar-refractivity contribution in [1.82, 2.24) is 39.2 Å². The number of hydrogen-bond acceptors (Lipinski definition) is 10. The number of para-hydroxylation sites is 2. The van der Waals surface area contributed by atoms with Crippen molar-refractivity contribution in [3.63, 3.8) is 0 Å². The van der Waals surface area contributed by atoms with Gasteiger partial charge in [0.15, 0.2) is 0 Å². The van der Waals surface area contributed by atoms with Crippen molar-refractivity contribution in [3.05, 3.63) is 284 Å². The minimum Gasteiger partial charge on any atom is -0.508 e. The number of hydrogen-bond donors (Lipinski definition) is 0. The maximum atomic E-state index is 13.8. The van der Waals surface area contributed by atoms with Crippen molar-refractivity contribution in [2.45, 2.75) is 172 Å². The van der Waals surface area contributed by atoms with Gasteiger partial charge in [0.25, 0.3) is 0 Å². The topological polar surface area (TPSA) is 32.4 Å². The summed E-state index contributed by atoms with van der Waals surface area (Å²) in [6, 6.07) is 54.2. The van der Waals surface area contributed by atoms with Crippen LogP contribution in [0.3, 0.4) is 0 Å². The van der Waals surface area contributed by atoms with Gasteiger partial charge in [-0.25, -0.2) is 0 Å². The van der Waals surface area contributed by atoms with Gasteiger partial charge in [-0.3, -0.25) is 13.2 Å². The summed E-state index contributed by atoms with van der Waals surface area (Å²) in [5, 5.41) is 0. The van der Waals surface area contributed by atoms with Crippen LogP contribution in [0.2, 0.25) is 0 Å². The second-order valence-corrected chi connectivity index (χ2v) is 27.2. The van der Waals surface area contributed by atoms with E-state index >= 15 is 0 Å². The predicted octanol–water partition coefficient (Wildman–Crippen LogP) is 18.5. The van der Waals surface area contributed by atoms with E-state index < -0.39 is 17.2 Å². The third-order valence-electron chi connectivity index (χ3n) is 18.2.